The van der Waals surface area contributed by atoms with Gasteiger partial charge in [-0.3, -0.25) is 14.9 Å². The number of carbonyl (C=O) groups is 1. The molecule has 0 unspecified atom stereocenters. The van der Waals surface area contributed by atoms with Crippen LogP contribution in [0.25, 0.3) is 10.8 Å². The van der Waals surface area contributed by atoms with Gasteiger partial charge in [0.2, 0.25) is 12.3 Å². The summed E-state index contributed by atoms with van der Waals surface area (Å²) in [5.41, 5.74) is 0.582. The summed E-state index contributed by atoms with van der Waals surface area (Å²) in [6, 6.07) is 18.2. The number of hydrogen-bond donors (Lipinski definition) is 0. The van der Waals surface area contributed by atoms with Gasteiger partial charge in [-0.15, -0.1) is 0 Å². The summed E-state index contributed by atoms with van der Waals surface area (Å²) in [4.78, 5) is 22.5. The number of ether oxygens (including phenoxy) is 1. The van der Waals surface area contributed by atoms with Gasteiger partial charge in [-0.2, -0.15) is 4.57 Å². The van der Waals surface area contributed by atoms with Gasteiger partial charge in [-0.05, 0) is 11.5 Å². The molecule has 1 heterocycles. The monoisotopic (exact) mass is 323 g/mol. The molecule has 120 valence electrons. The van der Waals surface area contributed by atoms with Gasteiger partial charge < -0.3 is 4.74 Å². The highest BCUT2D eigenvalue weighted by Gasteiger charge is 2.22. The van der Waals surface area contributed by atoms with Crippen LogP contribution >= 0.6 is 0 Å². The van der Waals surface area contributed by atoms with Gasteiger partial charge in [0.15, 0.2) is 6.20 Å². The Morgan fingerprint density at radius 1 is 1.04 bits per heavy atom. The Morgan fingerprint density at radius 3 is 2.50 bits per heavy atom. The molecule has 0 bridgehead atoms. The summed E-state index contributed by atoms with van der Waals surface area (Å²) in [6.45, 7) is -0.616. The van der Waals surface area contributed by atoms with Crippen molar-refractivity contribution in [3.05, 3.63) is 82.5 Å². The SMILES string of the molecule is O=C(C[n+]1ccc2ccccc2c1OC[N+](=O)[O-])c1ccccc1. The first-order chi connectivity index (χ1) is 11.6. The summed E-state index contributed by atoms with van der Waals surface area (Å²) >= 11 is 0. The molecule has 24 heavy (non-hydrogen) atoms. The number of pyridine rings is 1. The minimum atomic E-state index is -0.659. The van der Waals surface area contributed by atoms with Crippen molar-refractivity contribution in [1.82, 2.24) is 0 Å². The van der Waals surface area contributed by atoms with Crippen LogP contribution in [-0.4, -0.2) is 17.4 Å². The fraction of sp³-hybridized carbons (Fsp3) is 0.111. The molecule has 3 aromatic rings. The molecule has 0 aliphatic carbocycles. The zero-order chi connectivity index (χ0) is 16.9. The normalized spacial score (nSPS) is 10.5. The Kier molecular flexibility index (Phi) is 4.47. The Bertz CT molecular complexity index is 894. The Hall–Kier alpha value is -3.28. The van der Waals surface area contributed by atoms with E-state index in [4.69, 9.17) is 4.74 Å². The van der Waals surface area contributed by atoms with E-state index in [1.807, 2.05) is 36.4 Å². The standard InChI is InChI=1S/C18H15N2O4/c21-17(15-7-2-1-3-8-15)12-19-11-10-14-6-4-5-9-16(14)18(19)24-13-20(22)23/h1-11H,12-13H2/q+1. The quantitative estimate of drug-likeness (QED) is 0.230. The zero-order valence-corrected chi connectivity index (χ0v) is 12.8. The van der Waals surface area contributed by atoms with Crippen LogP contribution in [0.5, 0.6) is 5.88 Å². The second-order valence-corrected chi connectivity index (χ2v) is 5.23. The van der Waals surface area contributed by atoms with Crippen LogP contribution in [0.15, 0.2) is 66.9 Å². The lowest BCUT2D eigenvalue weighted by Gasteiger charge is -2.06. The van der Waals surface area contributed by atoms with E-state index in [1.54, 1.807) is 35.0 Å². The number of ketones is 1. The Labute approximate surface area is 138 Å². The predicted octanol–water partition coefficient (Wildman–Crippen LogP) is 2.62. The minimum Gasteiger partial charge on any atom is -0.378 e. The average molecular weight is 323 g/mol. The van der Waals surface area contributed by atoms with Gasteiger partial charge >= 0.3 is 12.6 Å². The van der Waals surface area contributed by atoms with E-state index in [0.717, 1.165) is 10.8 Å². The molecule has 0 aliphatic heterocycles. The molecule has 0 saturated heterocycles. The van der Waals surface area contributed by atoms with E-state index in [2.05, 4.69) is 0 Å². The van der Waals surface area contributed by atoms with Crippen LogP contribution in [-0.2, 0) is 6.54 Å². The van der Waals surface area contributed by atoms with Crippen LogP contribution < -0.4 is 9.30 Å². The topological polar surface area (TPSA) is 73.3 Å². The number of benzene rings is 2. The number of hydrogen-bond acceptors (Lipinski definition) is 4. The number of nitro groups is 1. The lowest BCUT2D eigenvalue weighted by molar-refractivity contribution is -0.692. The summed E-state index contributed by atoms with van der Waals surface area (Å²) in [6.07, 6.45) is 1.71. The van der Waals surface area contributed by atoms with Crippen molar-refractivity contribution in [3.8, 4) is 5.88 Å². The van der Waals surface area contributed by atoms with Crippen LogP contribution in [0.3, 0.4) is 0 Å². The van der Waals surface area contributed by atoms with E-state index in [9.17, 15) is 14.9 Å². The van der Waals surface area contributed by atoms with Gasteiger partial charge in [0.25, 0.3) is 0 Å². The van der Waals surface area contributed by atoms with E-state index in [1.165, 1.54) is 0 Å². The lowest BCUT2D eigenvalue weighted by Crippen LogP contribution is -2.40. The largest absolute Gasteiger partial charge is 0.381 e. The summed E-state index contributed by atoms with van der Waals surface area (Å²) in [5.74, 6) is 0.218. The van der Waals surface area contributed by atoms with Crippen molar-refractivity contribution in [2.24, 2.45) is 0 Å². The molecule has 2 aromatic carbocycles. The highest BCUT2D eigenvalue weighted by atomic mass is 16.7. The second kappa shape index (κ2) is 6.87. The van der Waals surface area contributed by atoms with Crippen LogP contribution in [0, 0.1) is 10.1 Å². The van der Waals surface area contributed by atoms with Gasteiger partial charge in [-0.1, -0.05) is 48.5 Å². The van der Waals surface area contributed by atoms with E-state index in [-0.39, 0.29) is 12.3 Å². The van der Waals surface area contributed by atoms with Crippen LogP contribution in [0.4, 0.5) is 0 Å². The second-order valence-electron chi connectivity index (χ2n) is 5.23. The molecule has 6 nitrogen and oxygen atoms in total. The van der Waals surface area contributed by atoms with Crippen molar-refractivity contribution in [1.29, 1.82) is 0 Å². The highest BCUT2D eigenvalue weighted by molar-refractivity contribution is 5.95. The molecule has 0 spiro atoms. The van der Waals surface area contributed by atoms with Crippen molar-refractivity contribution >= 4 is 16.6 Å². The number of rotatable bonds is 6. The van der Waals surface area contributed by atoms with Crippen LogP contribution in [0.1, 0.15) is 10.4 Å². The predicted molar refractivity (Wildman–Crippen MR) is 87.4 cm³/mol. The van der Waals surface area contributed by atoms with Gasteiger partial charge in [-0.25, -0.2) is 0 Å². The molecule has 0 aliphatic rings. The third-order valence-corrected chi connectivity index (χ3v) is 3.60. The molecular formula is C18H15N2O4+. The highest BCUT2D eigenvalue weighted by Crippen LogP contribution is 2.21. The molecule has 0 fully saturated rings. The number of Topliss-reactive ketones (excluding diaryl/α,β-unsaturated/α-hetero) is 1. The minimum absolute atomic E-state index is 0.0435. The molecule has 6 heteroatoms. The first kappa shape index (κ1) is 15.6. The first-order valence-corrected chi connectivity index (χ1v) is 7.39. The molecule has 0 atom stereocenters. The van der Waals surface area contributed by atoms with Gasteiger partial charge in [0, 0.05) is 11.6 Å². The molecule has 1 aromatic heterocycles. The van der Waals surface area contributed by atoms with Crippen molar-refractivity contribution in [2.75, 3.05) is 6.73 Å². The van der Waals surface area contributed by atoms with Gasteiger partial charge in [0.05, 0.1) is 10.3 Å². The maximum atomic E-state index is 12.4. The Morgan fingerprint density at radius 2 is 1.75 bits per heavy atom. The smallest absolute Gasteiger partial charge is 0.378 e. The zero-order valence-electron chi connectivity index (χ0n) is 12.8. The van der Waals surface area contributed by atoms with Crippen molar-refractivity contribution in [3.63, 3.8) is 0 Å². The summed E-state index contributed by atoms with van der Waals surface area (Å²) < 4.78 is 6.96. The number of nitrogens with zero attached hydrogens (tertiary/aromatic N) is 2. The van der Waals surface area contributed by atoms with E-state index in [0.29, 0.717) is 11.4 Å². The Balaban J connectivity index is 1.98. The van der Waals surface area contributed by atoms with Crippen LogP contribution in [0.2, 0.25) is 0 Å². The number of aromatic nitrogens is 1. The van der Waals surface area contributed by atoms with Crippen molar-refractivity contribution < 1.29 is 19.0 Å². The fourth-order valence-corrected chi connectivity index (χ4v) is 2.50. The lowest BCUT2D eigenvalue weighted by atomic mass is 10.1. The summed E-state index contributed by atoms with van der Waals surface area (Å²) in [5, 5.41) is 12.3. The molecule has 0 saturated carbocycles. The average Bonchev–Trinajstić information content (AvgIpc) is 2.61. The van der Waals surface area contributed by atoms with Crippen molar-refractivity contribution in [2.45, 2.75) is 6.54 Å². The van der Waals surface area contributed by atoms with E-state index >= 15 is 0 Å². The summed E-state index contributed by atoms with van der Waals surface area (Å²) in [7, 11) is 0. The maximum absolute atomic E-state index is 12.4. The molecule has 0 radical (unpaired) electrons. The fourth-order valence-electron chi connectivity index (χ4n) is 2.50. The van der Waals surface area contributed by atoms with E-state index < -0.39 is 11.7 Å². The molecular weight excluding hydrogens is 308 g/mol. The third kappa shape index (κ3) is 3.38. The number of carbonyl (C=O) groups excluding carboxylic acids is 1. The number of fused-ring (bicyclic) bond motifs is 1. The molecule has 0 N–H and O–H groups in total. The maximum Gasteiger partial charge on any atom is 0.381 e. The molecule has 0 amide bonds. The molecule has 3 rings (SSSR count). The first-order valence-electron chi connectivity index (χ1n) is 7.39. The van der Waals surface area contributed by atoms with Gasteiger partial charge in [0.1, 0.15) is 0 Å². The third-order valence-electron chi connectivity index (χ3n) is 3.60.